The van der Waals surface area contributed by atoms with Crippen LogP contribution < -0.4 is 4.90 Å². The van der Waals surface area contributed by atoms with Crippen molar-refractivity contribution in [1.82, 2.24) is 4.90 Å². The summed E-state index contributed by atoms with van der Waals surface area (Å²) in [5, 5.41) is 10.7. The number of halogens is 1. The van der Waals surface area contributed by atoms with E-state index in [9.17, 15) is 24.1 Å². The number of piperazine rings is 1. The van der Waals surface area contributed by atoms with Gasteiger partial charge >= 0.3 is 0 Å². The van der Waals surface area contributed by atoms with E-state index in [2.05, 4.69) is 0 Å². The van der Waals surface area contributed by atoms with Crippen LogP contribution in [0.15, 0.2) is 42.5 Å². The number of carbonyl (C=O) groups excluding carboxylic acids is 2. The van der Waals surface area contributed by atoms with Crippen molar-refractivity contribution in [3.63, 3.8) is 0 Å². The molecule has 0 unspecified atom stereocenters. The summed E-state index contributed by atoms with van der Waals surface area (Å²) in [6.45, 7) is 3.29. The summed E-state index contributed by atoms with van der Waals surface area (Å²) in [6, 6.07) is 10.4. The first-order valence-electron chi connectivity index (χ1n) is 8.91. The van der Waals surface area contributed by atoms with E-state index in [4.69, 9.17) is 0 Å². The van der Waals surface area contributed by atoms with E-state index in [0.717, 1.165) is 0 Å². The van der Waals surface area contributed by atoms with Crippen LogP contribution in [0.4, 0.5) is 15.8 Å². The summed E-state index contributed by atoms with van der Waals surface area (Å²) in [6.07, 6.45) is 0.166. The average Bonchev–Trinajstić information content (AvgIpc) is 2.68. The summed E-state index contributed by atoms with van der Waals surface area (Å²) in [7, 11) is 0. The summed E-state index contributed by atoms with van der Waals surface area (Å²) < 4.78 is 14.3. The number of benzene rings is 2. The highest BCUT2D eigenvalue weighted by molar-refractivity contribution is 5.94. The highest BCUT2D eigenvalue weighted by Crippen LogP contribution is 2.22. The van der Waals surface area contributed by atoms with Crippen LogP contribution in [0.2, 0.25) is 0 Å². The van der Waals surface area contributed by atoms with Crippen LogP contribution in [0.25, 0.3) is 0 Å². The fraction of sp³-hybridized carbons (Fsp3) is 0.300. The van der Waals surface area contributed by atoms with E-state index >= 15 is 0 Å². The van der Waals surface area contributed by atoms with Gasteiger partial charge in [0.05, 0.1) is 17.0 Å². The van der Waals surface area contributed by atoms with Gasteiger partial charge < -0.3 is 9.80 Å². The van der Waals surface area contributed by atoms with Gasteiger partial charge in [0, 0.05) is 43.9 Å². The van der Waals surface area contributed by atoms with Crippen LogP contribution in [-0.4, -0.2) is 47.7 Å². The zero-order valence-corrected chi connectivity index (χ0v) is 15.4. The van der Waals surface area contributed by atoms with Crippen molar-refractivity contribution >= 4 is 23.1 Å². The Labute approximate surface area is 161 Å². The second-order valence-corrected chi connectivity index (χ2v) is 6.69. The number of carbonyl (C=O) groups is 2. The molecule has 0 saturated carbocycles. The fourth-order valence-corrected chi connectivity index (χ4v) is 3.20. The molecule has 2 aromatic rings. The van der Waals surface area contributed by atoms with E-state index < -0.39 is 10.7 Å². The Morgan fingerprint density at radius 3 is 2.25 bits per heavy atom. The van der Waals surface area contributed by atoms with Gasteiger partial charge in [-0.25, -0.2) is 4.39 Å². The van der Waals surface area contributed by atoms with Crippen molar-refractivity contribution in [3.8, 4) is 0 Å². The number of non-ortho nitro benzene ring substituents is 1. The number of anilines is 1. The number of hydrogen-bond donors (Lipinski definition) is 0. The van der Waals surface area contributed by atoms with Gasteiger partial charge in [-0.2, -0.15) is 0 Å². The third-order valence-electron chi connectivity index (χ3n) is 4.83. The molecule has 1 aliphatic heterocycles. The summed E-state index contributed by atoms with van der Waals surface area (Å²) >= 11 is 0. The van der Waals surface area contributed by atoms with Gasteiger partial charge in [0.15, 0.2) is 5.78 Å². The molecule has 0 aromatic heterocycles. The second kappa shape index (κ2) is 8.16. The van der Waals surface area contributed by atoms with Crippen molar-refractivity contribution in [1.29, 1.82) is 0 Å². The van der Waals surface area contributed by atoms with E-state index in [1.807, 2.05) is 4.90 Å². The predicted octanol–water partition coefficient (Wildman–Crippen LogP) is 2.83. The van der Waals surface area contributed by atoms with Gasteiger partial charge in [-0.1, -0.05) is 12.1 Å². The lowest BCUT2D eigenvalue weighted by Gasteiger charge is -2.36. The SMILES string of the molecule is CC(=O)c1ccc(N2CCN(C(=O)Cc3ccc([N+](=O)[O-])cc3)CC2)c(F)c1. The molecular weight excluding hydrogens is 365 g/mol. The highest BCUT2D eigenvalue weighted by atomic mass is 19.1. The molecule has 7 nitrogen and oxygen atoms in total. The number of nitro groups is 1. The second-order valence-electron chi connectivity index (χ2n) is 6.69. The molecule has 1 heterocycles. The standard InChI is InChI=1S/C20H20FN3O4/c1-14(25)16-4-7-19(18(21)13-16)22-8-10-23(11-9-22)20(26)12-15-2-5-17(6-3-15)24(27)28/h2-7,13H,8-12H2,1H3. The van der Waals surface area contributed by atoms with Crippen molar-refractivity contribution in [2.24, 2.45) is 0 Å². The minimum atomic E-state index is -0.479. The molecule has 0 bridgehead atoms. The van der Waals surface area contributed by atoms with Crippen molar-refractivity contribution in [2.45, 2.75) is 13.3 Å². The number of ketones is 1. The third-order valence-corrected chi connectivity index (χ3v) is 4.83. The minimum absolute atomic E-state index is 0.0115. The highest BCUT2D eigenvalue weighted by Gasteiger charge is 2.23. The lowest BCUT2D eigenvalue weighted by Crippen LogP contribution is -2.49. The maximum atomic E-state index is 14.3. The number of hydrogen-bond acceptors (Lipinski definition) is 5. The van der Waals surface area contributed by atoms with Crippen molar-refractivity contribution < 1.29 is 18.9 Å². The number of nitro benzene ring substituents is 1. The van der Waals surface area contributed by atoms with E-state index in [1.54, 1.807) is 29.2 Å². The van der Waals surface area contributed by atoms with E-state index in [0.29, 0.717) is 43.0 Å². The lowest BCUT2D eigenvalue weighted by atomic mass is 10.1. The molecule has 2 aromatic carbocycles. The molecule has 1 aliphatic rings. The van der Waals surface area contributed by atoms with Crippen molar-refractivity contribution in [3.05, 3.63) is 69.5 Å². The molecule has 0 aliphatic carbocycles. The van der Waals surface area contributed by atoms with Crippen LogP contribution in [0.1, 0.15) is 22.8 Å². The Morgan fingerprint density at radius 1 is 1.07 bits per heavy atom. The maximum Gasteiger partial charge on any atom is 0.269 e. The average molecular weight is 385 g/mol. The summed E-state index contributed by atoms with van der Waals surface area (Å²) in [4.78, 5) is 37.6. The van der Waals surface area contributed by atoms with Crippen LogP contribution in [-0.2, 0) is 11.2 Å². The zero-order chi connectivity index (χ0) is 20.3. The molecule has 146 valence electrons. The smallest absolute Gasteiger partial charge is 0.269 e. The van der Waals surface area contributed by atoms with Gasteiger partial charge in [0.2, 0.25) is 5.91 Å². The first-order chi connectivity index (χ1) is 13.3. The monoisotopic (exact) mass is 385 g/mol. The fourth-order valence-electron chi connectivity index (χ4n) is 3.20. The summed E-state index contributed by atoms with van der Waals surface area (Å²) in [5.41, 5.74) is 1.46. The topological polar surface area (TPSA) is 83.8 Å². The molecule has 1 amide bonds. The number of rotatable bonds is 5. The van der Waals surface area contributed by atoms with E-state index in [-0.39, 0.29) is 23.8 Å². The van der Waals surface area contributed by atoms with Crippen LogP contribution in [0, 0.1) is 15.9 Å². The Hall–Kier alpha value is -3.29. The first kappa shape index (κ1) is 19.5. The molecule has 0 radical (unpaired) electrons. The Kier molecular flexibility index (Phi) is 5.67. The normalized spacial score (nSPS) is 14.1. The van der Waals surface area contributed by atoms with Crippen LogP contribution in [0.5, 0.6) is 0 Å². The van der Waals surface area contributed by atoms with Gasteiger partial charge in [-0.05, 0) is 30.7 Å². The van der Waals surface area contributed by atoms with Crippen molar-refractivity contribution in [2.75, 3.05) is 31.1 Å². The zero-order valence-electron chi connectivity index (χ0n) is 15.4. The molecule has 0 spiro atoms. The quantitative estimate of drug-likeness (QED) is 0.449. The Balaban J connectivity index is 1.58. The number of amides is 1. The van der Waals surface area contributed by atoms with Gasteiger partial charge in [-0.15, -0.1) is 0 Å². The molecular formula is C20H20FN3O4. The minimum Gasteiger partial charge on any atom is -0.366 e. The molecule has 8 heteroatoms. The van der Waals surface area contributed by atoms with Crippen LogP contribution >= 0.6 is 0 Å². The predicted molar refractivity (Wildman–Crippen MR) is 102 cm³/mol. The van der Waals surface area contributed by atoms with Crippen LogP contribution in [0.3, 0.4) is 0 Å². The molecule has 3 rings (SSSR count). The summed E-state index contributed by atoms with van der Waals surface area (Å²) in [5.74, 6) is -0.702. The lowest BCUT2D eigenvalue weighted by molar-refractivity contribution is -0.384. The Bertz CT molecular complexity index is 906. The molecule has 0 atom stereocenters. The van der Waals surface area contributed by atoms with Gasteiger partial charge in [0.25, 0.3) is 5.69 Å². The van der Waals surface area contributed by atoms with E-state index in [1.165, 1.54) is 25.1 Å². The molecule has 1 fully saturated rings. The first-order valence-corrected chi connectivity index (χ1v) is 8.91. The molecule has 0 N–H and O–H groups in total. The molecule has 1 saturated heterocycles. The number of nitrogens with zero attached hydrogens (tertiary/aromatic N) is 3. The van der Waals surface area contributed by atoms with Gasteiger partial charge in [-0.3, -0.25) is 19.7 Å². The number of Topliss-reactive ketones (excluding diaryl/α,β-unsaturated/α-hetero) is 1. The van der Waals surface area contributed by atoms with Gasteiger partial charge in [0.1, 0.15) is 5.82 Å². The maximum absolute atomic E-state index is 14.3. The third kappa shape index (κ3) is 4.33. The largest absolute Gasteiger partial charge is 0.366 e. The Morgan fingerprint density at radius 2 is 1.71 bits per heavy atom. The molecule has 28 heavy (non-hydrogen) atoms.